The first-order valence-corrected chi connectivity index (χ1v) is 9.01. The van der Waals surface area contributed by atoms with Gasteiger partial charge in [0, 0.05) is 38.8 Å². The number of hydrogen-bond donors (Lipinski definition) is 1. The van der Waals surface area contributed by atoms with E-state index in [-0.39, 0.29) is 6.17 Å². The first-order chi connectivity index (χ1) is 10.4. The zero-order chi connectivity index (χ0) is 16.5. The van der Waals surface area contributed by atoms with Crippen molar-refractivity contribution in [3.05, 3.63) is 0 Å². The number of piperazine rings is 1. The fourth-order valence-electron chi connectivity index (χ4n) is 2.79. The van der Waals surface area contributed by atoms with Gasteiger partial charge in [0.25, 0.3) is 0 Å². The minimum Gasteiger partial charge on any atom is -0.316 e. The summed E-state index contributed by atoms with van der Waals surface area (Å²) in [5, 5.41) is 0. The lowest BCUT2D eigenvalue weighted by Gasteiger charge is -2.35. The summed E-state index contributed by atoms with van der Waals surface area (Å²) in [5.41, 5.74) is 5.86. The van der Waals surface area contributed by atoms with Crippen molar-refractivity contribution in [3.63, 3.8) is 0 Å². The third-order valence-electron chi connectivity index (χ3n) is 5.01. The Labute approximate surface area is 138 Å². The van der Waals surface area contributed by atoms with Crippen molar-refractivity contribution in [2.45, 2.75) is 45.8 Å². The number of hydrogen-bond acceptors (Lipinski definition) is 5. The lowest BCUT2D eigenvalue weighted by Crippen LogP contribution is -2.47. The monoisotopic (exact) mass is 313 g/mol. The zero-order valence-corrected chi connectivity index (χ0v) is 15.6. The smallest absolute Gasteiger partial charge is 0.0540 e. The molecule has 0 radical (unpaired) electrons. The van der Waals surface area contributed by atoms with Crippen LogP contribution in [0.15, 0.2) is 0 Å². The second kappa shape index (κ2) is 10.6. The summed E-state index contributed by atoms with van der Waals surface area (Å²) >= 11 is 0. The van der Waals surface area contributed by atoms with Crippen LogP contribution in [0.2, 0.25) is 0 Å². The van der Waals surface area contributed by atoms with Gasteiger partial charge in [-0.25, -0.2) is 0 Å². The Morgan fingerprint density at radius 1 is 0.818 bits per heavy atom. The van der Waals surface area contributed by atoms with Crippen LogP contribution in [0.5, 0.6) is 0 Å². The summed E-state index contributed by atoms with van der Waals surface area (Å²) < 4.78 is 0. The van der Waals surface area contributed by atoms with Crippen LogP contribution in [0.1, 0.15) is 33.6 Å². The van der Waals surface area contributed by atoms with E-state index in [4.69, 9.17) is 5.73 Å². The fraction of sp³-hybridized carbons (Fsp3) is 1.00. The molecular formula is C17H39N5. The molecule has 132 valence electrons. The molecule has 5 heteroatoms. The molecule has 1 unspecified atom stereocenters. The zero-order valence-electron chi connectivity index (χ0n) is 15.6. The molecule has 1 fully saturated rings. The van der Waals surface area contributed by atoms with E-state index in [1.54, 1.807) is 0 Å². The fourth-order valence-corrected chi connectivity index (χ4v) is 2.79. The van der Waals surface area contributed by atoms with Crippen LogP contribution in [0, 0.1) is 0 Å². The third kappa shape index (κ3) is 7.88. The molecule has 1 aliphatic heterocycles. The van der Waals surface area contributed by atoms with Gasteiger partial charge in [0.2, 0.25) is 0 Å². The molecule has 0 aromatic carbocycles. The normalized spacial score (nSPS) is 19.5. The maximum Gasteiger partial charge on any atom is 0.0540 e. The van der Waals surface area contributed by atoms with Crippen molar-refractivity contribution in [3.8, 4) is 0 Å². The summed E-state index contributed by atoms with van der Waals surface area (Å²) in [6, 6.07) is 0.659. The van der Waals surface area contributed by atoms with Gasteiger partial charge in [-0.05, 0) is 67.3 Å². The van der Waals surface area contributed by atoms with Crippen molar-refractivity contribution in [1.29, 1.82) is 0 Å². The Hall–Kier alpha value is -0.200. The van der Waals surface area contributed by atoms with Gasteiger partial charge >= 0.3 is 0 Å². The third-order valence-corrected chi connectivity index (χ3v) is 5.01. The molecule has 1 rings (SSSR count). The average molecular weight is 314 g/mol. The van der Waals surface area contributed by atoms with Crippen molar-refractivity contribution in [1.82, 2.24) is 19.6 Å². The van der Waals surface area contributed by atoms with E-state index in [0.717, 1.165) is 6.54 Å². The molecule has 1 heterocycles. The quantitative estimate of drug-likeness (QED) is 0.608. The summed E-state index contributed by atoms with van der Waals surface area (Å²) in [4.78, 5) is 9.89. The summed E-state index contributed by atoms with van der Waals surface area (Å²) in [6.45, 7) is 16.3. The molecule has 2 N–H and O–H groups in total. The van der Waals surface area contributed by atoms with Crippen LogP contribution in [-0.4, -0.2) is 98.3 Å². The van der Waals surface area contributed by atoms with Gasteiger partial charge in [0.15, 0.2) is 0 Å². The molecule has 0 saturated carbocycles. The maximum atomic E-state index is 5.86. The van der Waals surface area contributed by atoms with E-state index in [1.165, 1.54) is 58.7 Å². The van der Waals surface area contributed by atoms with Crippen molar-refractivity contribution in [2.24, 2.45) is 5.73 Å². The maximum absolute atomic E-state index is 5.86. The molecule has 0 aromatic heterocycles. The Kier molecular flexibility index (Phi) is 9.52. The summed E-state index contributed by atoms with van der Waals surface area (Å²) in [6.07, 6.45) is 2.67. The second-order valence-electron chi connectivity index (χ2n) is 7.19. The van der Waals surface area contributed by atoms with E-state index in [1.807, 2.05) is 0 Å². The molecule has 0 aromatic rings. The number of rotatable bonds is 10. The van der Waals surface area contributed by atoms with Gasteiger partial charge in [0.1, 0.15) is 0 Å². The molecule has 0 spiro atoms. The van der Waals surface area contributed by atoms with Gasteiger partial charge < -0.3 is 20.4 Å². The summed E-state index contributed by atoms with van der Waals surface area (Å²) in [5.74, 6) is 0. The van der Waals surface area contributed by atoms with Crippen LogP contribution in [0.3, 0.4) is 0 Å². The number of nitrogens with two attached hydrogens (primary N) is 1. The Morgan fingerprint density at radius 2 is 1.23 bits per heavy atom. The highest BCUT2D eigenvalue weighted by molar-refractivity contribution is 4.73. The molecular weight excluding hydrogens is 274 g/mol. The van der Waals surface area contributed by atoms with Crippen molar-refractivity contribution >= 4 is 0 Å². The average Bonchev–Trinajstić information content (AvgIpc) is 2.48. The van der Waals surface area contributed by atoms with Crippen LogP contribution in [-0.2, 0) is 0 Å². The highest BCUT2D eigenvalue weighted by atomic mass is 15.3. The first-order valence-electron chi connectivity index (χ1n) is 9.01. The highest BCUT2D eigenvalue weighted by Crippen LogP contribution is 2.05. The van der Waals surface area contributed by atoms with Gasteiger partial charge in [-0.1, -0.05) is 0 Å². The van der Waals surface area contributed by atoms with Crippen molar-refractivity contribution < 1.29 is 0 Å². The Bertz CT molecular complexity index is 246. The van der Waals surface area contributed by atoms with E-state index in [2.05, 4.69) is 54.5 Å². The molecule has 0 bridgehead atoms. The second-order valence-corrected chi connectivity index (χ2v) is 7.19. The SMILES string of the molecule is CC(C)N(C)CCCN1CCN(CCCN(C)C(C)N)CC1. The minimum atomic E-state index is 0.167. The molecule has 22 heavy (non-hydrogen) atoms. The van der Waals surface area contributed by atoms with E-state index < -0.39 is 0 Å². The van der Waals surface area contributed by atoms with Gasteiger partial charge in [-0.15, -0.1) is 0 Å². The predicted molar refractivity (Wildman–Crippen MR) is 96.2 cm³/mol. The Balaban J connectivity index is 2.06. The molecule has 0 amide bonds. The lowest BCUT2D eigenvalue weighted by atomic mass is 10.2. The van der Waals surface area contributed by atoms with Gasteiger partial charge in [0.05, 0.1) is 6.17 Å². The van der Waals surface area contributed by atoms with E-state index in [9.17, 15) is 0 Å². The number of nitrogens with zero attached hydrogens (tertiary/aromatic N) is 4. The first kappa shape index (κ1) is 19.8. The predicted octanol–water partition coefficient (Wildman–Crippen LogP) is 0.961. The molecule has 0 aliphatic carbocycles. The molecule has 5 nitrogen and oxygen atoms in total. The van der Waals surface area contributed by atoms with E-state index in [0.29, 0.717) is 6.04 Å². The highest BCUT2D eigenvalue weighted by Gasteiger charge is 2.16. The topological polar surface area (TPSA) is 39.0 Å². The lowest BCUT2D eigenvalue weighted by molar-refractivity contribution is 0.121. The van der Waals surface area contributed by atoms with Crippen LogP contribution in [0.25, 0.3) is 0 Å². The standard InChI is InChI=1S/C17H39N5/c1-16(2)19(4)8-6-10-21-12-14-22(15-13-21)11-7-9-20(5)17(3)18/h16-17H,6-15,18H2,1-5H3. The summed E-state index contributed by atoms with van der Waals surface area (Å²) in [7, 11) is 4.33. The molecule has 1 atom stereocenters. The van der Waals surface area contributed by atoms with Crippen LogP contribution < -0.4 is 5.73 Å². The largest absolute Gasteiger partial charge is 0.316 e. The van der Waals surface area contributed by atoms with Crippen LogP contribution in [0.4, 0.5) is 0 Å². The minimum absolute atomic E-state index is 0.167. The molecule has 1 aliphatic rings. The van der Waals surface area contributed by atoms with Crippen LogP contribution >= 0.6 is 0 Å². The van der Waals surface area contributed by atoms with Gasteiger partial charge in [-0.3, -0.25) is 4.90 Å². The Morgan fingerprint density at radius 3 is 1.59 bits per heavy atom. The van der Waals surface area contributed by atoms with Gasteiger partial charge in [-0.2, -0.15) is 0 Å². The van der Waals surface area contributed by atoms with Crippen molar-refractivity contribution in [2.75, 3.05) is 66.5 Å². The van der Waals surface area contributed by atoms with E-state index >= 15 is 0 Å². The molecule has 1 saturated heterocycles.